The quantitative estimate of drug-likeness (QED) is 0.614. The molecule has 0 aromatic heterocycles. The average molecular weight is 297 g/mol. The topological polar surface area (TPSA) is 110 Å². The fraction of sp³-hybridized carbons (Fsp3) is 0.250. The number of hydrogen-bond donors (Lipinski definition) is 2. The molecule has 3 N–H and O–H groups in total. The molecular weight excluding hydrogens is 284 g/mol. The zero-order chi connectivity index (χ0) is 15.0. The maximum atomic E-state index is 10.5. The van der Waals surface area contributed by atoms with Gasteiger partial charge in [0.05, 0.1) is 17.8 Å². The minimum Gasteiger partial charge on any atom is -0.490 e. The fourth-order valence-corrected chi connectivity index (χ4v) is 1.61. The van der Waals surface area contributed by atoms with E-state index in [0.717, 1.165) is 0 Å². The Morgan fingerprint density at radius 1 is 1.60 bits per heavy atom. The molecule has 0 aliphatic heterocycles. The van der Waals surface area contributed by atoms with Crippen LogP contribution in [0.4, 0.5) is 4.79 Å². The number of primary amides is 1. The number of nitriles is 1. The van der Waals surface area contributed by atoms with Gasteiger partial charge >= 0.3 is 6.03 Å². The molecule has 0 saturated carbocycles. The molecule has 0 saturated heterocycles. The second-order valence-corrected chi connectivity index (χ2v) is 3.85. The molecule has 0 fully saturated rings. The van der Waals surface area contributed by atoms with Crippen LogP contribution in [0.3, 0.4) is 0 Å². The van der Waals surface area contributed by atoms with Crippen molar-refractivity contribution in [1.29, 1.82) is 5.26 Å². The van der Waals surface area contributed by atoms with Gasteiger partial charge in [0.1, 0.15) is 6.07 Å². The number of hydrazone groups is 1. The number of halogens is 1. The number of urea groups is 1. The van der Waals surface area contributed by atoms with Gasteiger partial charge in [0.15, 0.2) is 18.1 Å². The number of benzene rings is 1. The summed E-state index contributed by atoms with van der Waals surface area (Å²) in [6, 6.07) is 4.26. The van der Waals surface area contributed by atoms with Gasteiger partial charge in [-0.15, -0.1) is 0 Å². The van der Waals surface area contributed by atoms with Crippen LogP contribution in [0.5, 0.6) is 11.5 Å². The Hall–Kier alpha value is -2.46. The van der Waals surface area contributed by atoms with E-state index < -0.39 is 6.03 Å². The van der Waals surface area contributed by atoms with Gasteiger partial charge in [-0.25, -0.2) is 10.2 Å². The van der Waals surface area contributed by atoms with Gasteiger partial charge in [0, 0.05) is 0 Å². The van der Waals surface area contributed by atoms with Crippen LogP contribution < -0.4 is 20.6 Å². The van der Waals surface area contributed by atoms with E-state index in [1.165, 1.54) is 6.21 Å². The van der Waals surface area contributed by atoms with Gasteiger partial charge in [-0.05, 0) is 24.6 Å². The van der Waals surface area contributed by atoms with E-state index in [-0.39, 0.29) is 17.4 Å². The van der Waals surface area contributed by atoms with E-state index in [4.69, 9.17) is 32.1 Å². The predicted molar refractivity (Wildman–Crippen MR) is 74.0 cm³/mol. The molecule has 0 bridgehead atoms. The first-order chi connectivity index (χ1) is 9.58. The van der Waals surface area contributed by atoms with Crippen LogP contribution in [0.15, 0.2) is 17.2 Å². The lowest BCUT2D eigenvalue weighted by Gasteiger charge is -2.12. The Labute approximate surface area is 120 Å². The van der Waals surface area contributed by atoms with Crippen LogP contribution in [0.2, 0.25) is 5.02 Å². The summed E-state index contributed by atoms with van der Waals surface area (Å²) in [5, 5.41) is 12.4. The number of carbonyl (C=O) groups is 1. The molecule has 106 valence electrons. The molecule has 1 rings (SSSR count). The number of ether oxygens (including phenoxy) is 2. The van der Waals surface area contributed by atoms with Crippen molar-refractivity contribution in [3.63, 3.8) is 0 Å². The lowest BCUT2D eigenvalue weighted by Crippen LogP contribution is -2.24. The van der Waals surface area contributed by atoms with Gasteiger partial charge in [-0.2, -0.15) is 10.4 Å². The smallest absolute Gasteiger partial charge is 0.332 e. The molecule has 20 heavy (non-hydrogen) atoms. The van der Waals surface area contributed by atoms with E-state index in [1.807, 2.05) is 6.07 Å². The van der Waals surface area contributed by atoms with Crippen molar-refractivity contribution < 1.29 is 14.3 Å². The molecule has 0 spiro atoms. The number of nitrogens with one attached hydrogen (secondary N) is 1. The third-order valence-electron chi connectivity index (χ3n) is 2.00. The first-order valence-electron chi connectivity index (χ1n) is 5.63. The fourth-order valence-electron chi connectivity index (χ4n) is 1.34. The van der Waals surface area contributed by atoms with E-state index in [0.29, 0.717) is 17.9 Å². The molecule has 0 aliphatic carbocycles. The molecule has 0 atom stereocenters. The predicted octanol–water partition coefficient (Wildman–Crippen LogP) is 1.64. The first kappa shape index (κ1) is 15.6. The van der Waals surface area contributed by atoms with Crippen molar-refractivity contribution >= 4 is 23.8 Å². The van der Waals surface area contributed by atoms with Crippen LogP contribution in [0.25, 0.3) is 0 Å². The minimum absolute atomic E-state index is 0.142. The summed E-state index contributed by atoms with van der Waals surface area (Å²) in [7, 11) is 0. The Bertz CT molecular complexity index is 554. The lowest BCUT2D eigenvalue weighted by atomic mass is 10.2. The van der Waals surface area contributed by atoms with Gasteiger partial charge in [-0.1, -0.05) is 11.6 Å². The summed E-state index contributed by atoms with van der Waals surface area (Å²) in [5.41, 5.74) is 7.52. The third-order valence-corrected chi connectivity index (χ3v) is 2.28. The molecule has 2 amide bonds. The standard InChI is InChI=1S/C12H13ClN4O3/c1-2-19-10-6-8(7-16-17-12(15)18)5-9(13)11(10)20-4-3-14/h5-7H,2,4H2,1H3,(H3,15,17,18). The maximum Gasteiger partial charge on any atom is 0.332 e. The maximum absolute atomic E-state index is 10.5. The Morgan fingerprint density at radius 2 is 2.35 bits per heavy atom. The van der Waals surface area contributed by atoms with Gasteiger partial charge in [0.25, 0.3) is 0 Å². The third kappa shape index (κ3) is 4.66. The number of hydrogen-bond acceptors (Lipinski definition) is 5. The second kappa shape index (κ2) is 7.86. The largest absolute Gasteiger partial charge is 0.490 e. The Kier molecular flexibility index (Phi) is 6.13. The second-order valence-electron chi connectivity index (χ2n) is 3.44. The zero-order valence-electron chi connectivity index (χ0n) is 10.7. The molecule has 7 nitrogen and oxygen atoms in total. The summed E-state index contributed by atoms with van der Waals surface area (Å²) in [6.45, 7) is 2.06. The normalized spacial score (nSPS) is 10.1. The Morgan fingerprint density at radius 3 is 2.95 bits per heavy atom. The SMILES string of the molecule is CCOc1cc(C=NNC(N)=O)cc(Cl)c1OCC#N. The van der Waals surface area contributed by atoms with Crippen molar-refractivity contribution in [2.75, 3.05) is 13.2 Å². The van der Waals surface area contributed by atoms with Crippen LogP contribution >= 0.6 is 11.6 Å². The molecular formula is C12H13ClN4O3. The van der Waals surface area contributed by atoms with Crippen LogP contribution in [-0.2, 0) is 0 Å². The molecule has 0 unspecified atom stereocenters. The highest BCUT2D eigenvalue weighted by molar-refractivity contribution is 6.32. The molecule has 0 heterocycles. The summed E-state index contributed by atoms with van der Waals surface area (Å²) < 4.78 is 10.6. The summed E-state index contributed by atoms with van der Waals surface area (Å²) in [5.74, 6) is 0.672. The van der Waals surface area contributed by atoms with Gasteiger partial charge in [-0.3, -0.25) is 0 Å². The minimum atomic E-state index is -0.772. The van der Waals surface area contributed by atoms with Crippen molar-refractivity contribution in [3.8, 4) is 17.6 Å². The van der Waals surface area contributed by atoms with E-state index >= 15 is 0 Å². The summed E-state index contributed by atoms with van der Waals surface area (Å²) >= 11 is 6.06. The highest BCUT2D eigenvalue weighted by Crippen LogP contribution is 2.36. The number of carbonyl (C=O) groups excluding carboxylic acids is 1. The van der Waals surface area contributed by atoms with Crippen LogP contribution in [0, 0.1) is 11.3 Å². The highest BCUT2D eigenvalue weighted by Gasteiger charge is 2.12. The summed E-state index contributed by atoms with van der Waals surface area (Å²) in [4.78, 5) is 10.5. The van der Waals surface area contributed by atoms with Gasteiger partial charge in [0.2, 0.25) is 0 Å². The number of rotatable bonds is 6. The molecule has 0 aliphatic rings. The summed E-state index contributed by atoms with van der Waals surface area (Å²) in [6.07, 6.45) is 1.35. The molecule has 1 aromatic rings. The van der Waals surface area contributed by atoms with E-state index in [9.17, 15) is 4.79 Å². The van der Waals surface area contributed by atoms with E-state index in [2.05, 4.69) is 10.5 Å². The average Bonchev–Trinajstić information content (AvgIpc) is 2.38. The van der Waals surface area contributed by atoms with Crippen molar-refractivity contribution in [2.24, 2.45) is 10.8 Å². The first-order valence-corrected chi connectivity index (χ1v) is 6.00. The lowest BCUT2D eigenvalue weighted by molar-refractivity contribution is 0.249. The monoisotopic (exact) mass is 296 g/mol. The van der Waals surface area contributed by atoms with Crippen LogP contribution in [0.1, 0.15) is 12.5 Å². The van der Waals surface area contributed by atoms with E-state index in [1.54, 1.807) is 19.1 Å². The molecule has 1 aromatic carbocycles. The zero-order valence-corrected chi connectivity index (χ0v) is 11.5. The number of nitrogens with zero attached hydrogens (tertiary/aromatic N) is 2. The molecule has 8 heteroatoms. The van der Waals surface area contributed by atoms with Crippen LogP contribution in [-0.4, -0.2) is 25.5 Å². The number of amides is 2. The highest BCUT2D eigenvalue weighted by atomic mass is 35.5. The number of nitrogens with two attached hydrogens (primary N) is 1. The Balaban J connectivity index is 3.03. The molecule has 0 radical (unpaired) electrons. The van der Waals surface area contributed by atoms with Crippen molar-refractivity contribution in [2.45, 2.75) is 6.92 Å². The van der Waals surface area contributed by atoms with Crippen molar-refractivity contribution in [3.05, 3.63) is 22.7 Å². The van der Waals surface area contributed by atoms with Crippen molar-refractivity contribution in [1.82, 2.24) is 5.43 Å². The van der Waals surface area contributed by atoms with Gasteiger partial charge < -0.3 is 15.2 Å².